The Kier molecular flexibility index (Phi) is 11.7. The quantitative estimate of drug-likeness (QED) is 0.219. The van der Waals surface area contributed by atoms with Crippen LogP contribution in [0.2, 0.25) is 0 Å². The van der Waals surface area contributed by atoms with Crippen molar-refractivity contribution >= 4 is 34.2 Å². The van der Waals surface area contributed by atoms with Crippen molar-refractivity contribution in [3.8, 4) is 12.8 Å². The highest BCUT2D eigenvalue weighted by atomic mass is 32.1. The molecule has 10 heteroatoms. The first kappa shape index (κ1) is 30.5. The fourth-order valence-electron chi connectivity index (χ4n) is 2.91. The SMILES string of the molecule is C#C.CC(C)CC(C(=O)NC(C(=O)Nc1nc(C(C)(C)C)cs1)C(C)(C)C)[C@H](O)C(=O)NO. The third-order valence-corrected chi connectivity index (χ3v) is 5.50. The summed E-state index contributed by atoms with van der Waals surface area (Å²) in [5.74, 6) is -3.30. The molecule has 0 aliphatic rings. The third kappa shape index (κ3) is 9.50. The maximum atomic E-state index is 13.0. The van der Waals surface area contributed by atoms with Gasteiger partial charge in [0, 0.05) is 10.8 Å². The molecule has 33 heavy (non-hydrogen) atoms. The Morgan fingerprint density at radius 2 is 1.61 bits per heavy atom. The molecule has 9 nitrogen and oxygen atoms in total. The van der Waals surface area contributed by atoms with E-state index in [1.165, 1.54) is 16.8 Å². The average molecular weight is 483 g/mol. The number of amides is 3. The summed E-state index contributed by atoms with van der Waals surface area (Å²) in [5, 5.41) is 26.8. The monoisotopic (exact) mass is 482 g/mol. The van der Waals surface area contributed by atoms with E-state index in [2.05, 4.69) is 28.5 Å². The number of hydroxylamine groups is 1. The Bertz CT molecular complexity index is 821. The lowest BCUT2D eigenvalue weighted by atomic mass is 9.84. The fourth-order valence-corrected chi connectivity index (χ4v) is 3.85. The molecule has 0 aliphatic heterocycles. The fraction of sp³-hybridized carbons (Fsp3) is 0.652. The van der Waals surface area contributed by atoms with E-state index < -0.39 is 41.2 Å². The maximum Gasteiger partial charge on any atom is 0.272 e. The number of nitrogens with zero attached hydrogens (tertiary/aromatic N) is 1. The summed E-state index contributed by atoms with van der Waals surface area (Å²) in [6.45, 7) is 15.1. The highest BCUT2D eigenvalue weighted by Gasteiger charge is 2.38. The molecule has 1 heterocycles. The zero-order valence-corrected chi connectivity index (χ0v) is 21.5. The number of aliphatic hydroxyl groups excluding tert-OH is 1. The van der Waals surface area contributed by atoms with Crippen molar-refractivity contribution in [3.63, 3.8) is 0 Å². The lowest BCUT2D eigenvalue weighted by Gasteiger charge is -2.32. The lowest BCUT2D eigenvalue weighted by Crippen LogP contribution is -2.55. The number of rotatable bonds is 8. The van der Waals surface area contributed by atoms with Crippen LogP contribution in [0.15, 0.2) is 5.38 Å². The minimum atomic E-state index is -1.75. The van der Waals surface area contributed by atoms with Crippen molar-refractivity contribution < 1.29 is 24.7 Å². The molecule has 0 radical (unpaired) electrons. The zero-order valence-electron chi connectivity index (χ0n) is 20.7. The predicted molar refractivity (Wildman–Crippen MR) is 130 cm³/mol. The number of thiazole rings is 1. The molecule has 0 aliphatic carbocycles. The molecule has 1 aromatic heterocycles. The van der Waals surface area contributed by atoms with Crippen LogP contribution in [0, 0.1) is 30.1 Å². The summed E-state index contributed by atoms with van der Waals surface area (Å²) < 4.78 is 0. The molecule has 186 valence electrons. The van der Waals surface area contributed by atoms with E-state index >= 15 is 0 Å². The van der Waals surface area contributed by atoms with E-state index in [4.69, 9.17) is 5.21 Å². The van der Waals surface area contributed by atoms with Gasteiger partial charge in [-0.25, -0.2) is 10.5 Å². The molecule has 0 fully saturated rings. The Labute approximate surface area is 200 Å². The van der Waals surface area contributed by atoms with E-state index in [0.29, 0.717) is 5.13 Å². The van der Waals surface area contributed by atoms with Gasteiger partial charge in [-0.2, -0.15) is 0 Å². The molecule has 3 amide bonds. The smallest absolute Gasteiger partial charge is 0.272 e. The van der Waals surface area contributed by atoms with Gasteiger partial charge in [0.1, 0.15) is 12.1 Å². The summed E-state index contributed by atoms with van der Waals surface area (Å²) in [6, 6.07) is -0.943. The largest absolute Gasteiger partial charge is 0.382 e. The number of hydrogen-bond acceptors (Lipinski definition) is 7. The van der Waals surface area contributed by atoms with Gasteiger partial charge in [-0.1, -0.05) is 55.4 Å². The summed E-state index contributed by atoms with van der Waals surface area (Å²) in [4.78, 5) is 42.1. The molecule has 3 atom stereocenters. The molecular formula is C23H38N4O5S. The van der Waals surface area contributed by atoms with Gasteiger partial charge in [-0.05, 0) is 17.8 Å². The number of aromatic nitrogens is 1. The topological polar surface area (TPSA) is 141 Å². The molecule has 5 N–H and O–H groups in total. The Morgan fingerprint density at radius 3 is 2.00 bits per heavy atom. The first-order valence-electron chi connectivity index (χ1n) is 10.6. The van der Waals surface area contributed by atoms with Gasteiger partial charge in [0.05, 0.1) is 11.6 Å². The summed E-state index contributed by atoms with van der Waals surface area (Å²) in [6.07, 6.45) is 6.45. The summed E-state index contributed by atoms with van der Waals surface area (Å²) in [7, 11) is 0. The molecule has 0 aromatic carbocycles. The van der Waals surface area contributed by atoms with Crippen LogP contribution in [0.3, 0.4) is 0 Å². The number of hydrogen-bond donors (Lipinski definition) is 5. The molecule has 0 bridgehead atoms. The van der Waals surface area contributed by atoms with Crippen molar-refractivity contribution in [2.75, 3.05) is 5.32 Å². The second kappa shape index (κ2) is 12.7. The van der Waals surface area contributed by atoms with Crippen LogP contribution in [0.25, 0.3) is 0 Å². The minimum Gasteiger partial charge on any atom is -0.382 e. The molecule has 0 saturated carbocycles. The van der Waals surface area contributed by atoms with Gasteiger partial charge in [0.2, 0.25) is 11.8 Å². The molecule has 2 unspecified atom stereocenters. The van der Waals surface area contributed by atoms with Crippen LogP contribution in [-0.2, 0) is 19.8 Å². The van der Waals surface area contributed by atoms with Gasteiger partial charge in [-0.15, -0.1) is 24.2 Å². The van der Waals surface area contributed by atoms with E-state index in [9.17, 15) is 19.5 Å². The second-order valence-corrected chi connectivity index (χ2v) is 11.1. The van der Waals surface area contributed by atoms with Crippen molar-refractivity contribution in [1.29, 1.82) is 0 Å². The average Bonchev–Trinajstić information content (AvgIpc) is 3.18. The summed E-state index contributed by atoms with van der Waals surface area (Å²) >= 11 is 1.30. The third-order valence-electron chi connectivity index (χ3n) is 4.74. The highest BCUT2D eigenvalue weighted by Crippen LogP contribution is 2.28. The minimum absolute atomic E-state index is 0.00931. The van der Waals surface area contributed by atoms with E-state index in [1.807, 2.05) is 40.0 Å². The van der Waals surface area contributed by atoms with Crippen LogP contribution >= 0.6 is 11.3 Å². The second-order valence-electron chi connectivity index (χ2n) is 10.2. The van der Waals surface area contributed by atoms with Crippen LogP contribution in [0.5, 0.6) is 0 Å². The van der Waals surface area contributed by atoms with Crippen molar-refractivity contribution in [3.05, 3.63) is 11.1 Å². The van der Waals surface area contributed by atoms with Gasteiger partial charge in [0.15, 0.2) is 5.13 Å². The zero-order chi connectivity index (χ0) is 26.1. The molecule has 0 saturated heterocycles. The van der Waals surface area contributed by atoms with E-state index in [1.54, 1.807) is 20.8 Å². The molecule has 1 aromatic rings. The number of terminal acetylenes is 1. The maximum absolute atomic E-state index is 13.0. The van der Waals surface area contributed by atoms with Gasteiger partial charge >= 0.3 is 0 Å². The van der Waals surface area contributed by atoms with Crippen molar-refractivity contribution in [2.45, 2.75) is 79.4 Å². The Morgan fingerprint density at radius 1 is 1.06 bits per heavy atom. The standard InChI is InChI=1S/C21H36N4O5S.C2H2/c1-11(2)9-12(14(26)17(28)25-30)16(27)23-15(21(6,7)8)18(29)24-19-22-13(10-31-19)20(3,4)5;1-2/h10-12,14-15,26,30H,9H2,1-8H3,(H,23,27)(H,25,28)(H,22,24,29);1-2H/t12?,14-,15?;/m0./s1. The lowest BCUT2D eigenvalue weighted by molar-refractivity contribution is -0.147. The van der Waals surface area contributed by atoms with Gasteiger partial charge in [0.25, 0.3) is 5.91 Å². The van der Waals surface area contributed by atoms with Crippen LogP contribution in [0.1, 0.15) is 67.5 Å². The first-order valence-corrected chi connectivity index (χ1v) is 11.5. The van der Waals surface area contributed by atoms with Gasteiger partial charge in [-0.3, -0.25) is 19.6 Å². The summed E-state index contributed by atoms with van der Waals surface area (Å²) in [5.41, 5.74) is 1.40. The van der Waals surface area contributed by atoms with Crippen LogP contribution in [0.4, 0.5) is 5.13 Å². The van der Waals surface area contributed by atoms with E-state index in [0.717, 1.165) is 5.69 Å². The normalized spacial score (nSPS) is 14.3. The number of aliphatic hydroxyl groups is 1. The Balaban J connectivity index is 0.00000497. The number of carbonyl (C=O) groups excluding carboxylic acids is 3. The first-order chi connectivity index (χ1) is 15.1. The number of nitrogens with one attached hydrogen (secondary N) is 3. The van der Waals surface area contributed by atoms with Crippen LogP contribution < -0.4 is 16.1 Å². The highest BCUT2D eigenvalue weighted by molar-refractivity contribution is 7.14. The van der Waals surface area contributed by atoms with E-state index in [-0.39, 0.29) is 17.8 Å². The molecular weight excluding hydrogens is 444 g/mol. The predicted octanol–water partition coefficient (Wildman–Crippen LogP) is 2.69. The molecule has 1 rings (SSSR count). The Hall–Kier alpha value is -2.48. The number of anilines is 1. The number of carbonyl (C=O) groups is 3. The van der Waals surface area contributed by atoms with Crippen molar-refractivity contribution in [1.82, 2.24) is 15.8 Å². The van der Waals surface area contributed by atoms with Crippen LogP contribution in [-0.4, -0.2) is 45.2 Å². The molecule has 0 spiro atoms. The van der Waals surface area contributed by atoms with Crippen molar-refractivity contribution in [2.24, 2.45) is 17.3 Å². The van der Waals surface area contributed by atoms with Gasteiger partial charge < -0.3 is 15.7 Å².